The highest BCUT2D eigenvalue weighted by Crippen LogP contribution is 2.86. The second-order valence-corrected chi connectivity index (χ2v) is 23.1. The van der Waals surface area contributed by atoms with E-state index in [0.717, 1.165) is 24.2 Å². The smallest absolute Gasteiger partial charge is 0.0571 e. The summed E-state index contributed by atoms with van der Waals surface area (Å²) in [7, 11) is 0. The van der Waals surface area contributed by atoms with Crippen LogP contribution in [0.1, 0.15) is 63.4 Å². The molecular formula is C77H54N4. The van der Waals surface area contributed by atoms with E-state index in [4.69, 9.17) is 0 Å². The normalized spacial score (nSPS) is 20.7. The van der Waals surface area contributed by atoms with Crippen LogP contribution in [-0.2, 0) is 5.41 Å². The molecule has 9 aromatic carbocycles. The number of anilines is 1. The van der Waals surface area contributed by atoms with E-state index < -0.39 is 5.41 Å². The van der Waals surface area contributed by atoms with Crippen LogP contribution in [0.25, 0.3) is 100 Å². The van der Waals surface area contributed by atoms with Gasteiger partial charge in [0.2, 0.25) is 0 Å². The molecule has 6 aliphatic carbocycles. The number of nitrogens with zero attached hydrogens (tertiary/aromatic N) is 3. The molecule has 81 heavy (non-hydrogen) atoms. The first-order chi connectivity index (χ1) is 40.1. The third-order valence-corrected chi connectivity index (χ3v) is 19.3. The highest BCUT2D eigenvalue weighted by atomic mass is 15.0. The third kappa shape index (κ3) is 5.93. The van der Waals surface area contributed by atoms with Crippen LogP contribution >= 0.6 is 0 Å². The maximum absolute atomic E-state index is 4.11. The van der Waals surface area contributed by atoms with Crippen LogP contribution in [0.5, 0.6) is 0 Å². The van der Waals surface area contributed by atoms with Crippen LogP contribution in [0.4, 0.5) is 5.69 Å². The number of allylic oxidation sites excluding steroid dienone is 11. The van der Waals surface area contributed by atoms with Crippen LogP contribution in [0.3, 0.4) is 0 Å². The first-order valence-electron chi connectivity index (χ1n) is 28.8. The van der Waals surface area contributed by atoms with Gasteiger partial charge in [-0.15, -0.1) is 0 Å². The average molecular weight is 1040 g/mol. The summed E-state index contributed by atoms with van der Waals surface area (Å²) in [6.45, 7) is 2.22. The van der Waals surface area contributed by atoms with Gasteiger partial charge in [-0.3, -0.25) is 0 Å². The van der Waals surface area contributed by atoms with Crippen molar-refractivity contribution in [1.29, 1.82) is 0 Å². The Morgan fingerprint density at radius 3 is 1.69 bits per heavy atom. The van der Waals surface area contributed by atoms with Crippen molar-refractivity contribution in [2.24, 2.45) is 11.3 Å². The number of aromatic nitrogens is 3. The Kier molecular flexibility index (Phi) is 9.21. The summed E-state index contributed by atoms with van der Waals surface area (Å²) in [5.74, 6) is 0.477. The van der Waals surface area contributed by atoms with E-state index in [1.165, 1.54) is 133 Å². The quantitative estimate of drug-likeness (QED) is 0.177. The molecule has 6 aliphatic rings. The molecule has 1 fully saturated rings. The zero-order valence-electron chi connectivity index (χ0n) is 44.8. The number of aryl methyl sites for hydroxylation is 1. The van der Waals surface area contributed by atoms with Gasteiger partial charge in [-0.05, 0) is 155 Å². The van der Waals surface area contributed by atoms with Crippen molar-refractivity contribution >= 4 is 83.6 Å². The van der Waals surface area contributed by atoms with Gasteiger partial charge in [0.1, 0.15) is 0 Å². The monoisotopic (exact) mass is 1030 g/mol. The molecular weight excluding hydrogens is 981 g/mol. The van der Waals surface area contributed by atoms with Crippen LogP contribution in [0.2, 0.25) is 0 Å². The summed E-state index contributed by atoms with van der Waals surface area (Å²) in [5, 5.41) is 10.5. The van der Waals surface area contributed by atoms with E-state index in [0.29, 0.717) is 0 Å². The fourth-order valence-electron chi connectivity index (χ4n) is 16.1. The Hall–Kier alpha value is -9.90. The fraction of sp³-hybridized carbons (Fsp3) is 0.0909. The Labute approximate surface area is 470 Å². The van der Waals surface area contributed by atoms with Gasteiger partial charge in [-0.25, -0.2) is 0 Å². The summed E-state index contributed by atoms with van der Waals surface area (Å²) in [4.78, 5) is 0. The molecule has 2 spiro atoms. The van der Waals surface area contributed by atoms with Gasteiger partial charge in [0.15, 0.2) is 0 Å². The molecule has 4 nitrogen and oxygen atoms in total. The second kappa shape index (κ2) is 16.6. The van der Waals surface area contributed by atoms with Gasteiger partial charge in [-0.2, -0.15) is 0 Å². The van der Waals surface area contributed by atoms with Crippen molar-refractivity contribution in [3.63, 3.8) is 0 Å². The predicted molar refractivity (Wildman–Crippen MR) is 338 cm³/mol. The number of benzene rings is 9. The number of para-hydroxylation sites is 5. The lowest BCUT2D eigenvalue weighted by molar-refractivity contribution is 0.427. The lowest BCUT2D eigenvalue weighted by Gasteiger charge is -2.40. The molecule has 0 saturated heterocycles. The summed E-state index contributed by atoms with van der Waals surface area (Å²) < 4.78 is 7.62. The fourth-order valence-corrected chi connectivity index (χ4v) is 16.1. The molecule has 1 saturated carbocycles. The Bertz CT molecular complexity index is 4900. The molecule has 1 N–H and O–H groups in total. The van der Waals surface area contributed by atoms with E-state index >= 15 is 0 Å². The largest absolute Gasteiger partial charge is 0.355 e. The summed E-state index contributed by atoms with van der Waals surface area (Å²) in [5.41, 5.74) is 25.2. The lowest BCUT2D eigenvalue weighted by Crippen LogP contribution is -2.37. The minimum atomic E-state index is -0.637. The summed E-state index contributed by atoms with van der Waals surface area (Å²) in [6, 6.07) is 76.0. The zero-order valence-corrected chi connectivity index (χ0v) is 44.8. The van der Waals surface area contributed by atoms with Gasteiger partial charge < -0.3 is 19.0 Å². The van der Waals surface area contributed by atoms with Gasteiger partial charge in [0, 0.05) is 77.9 Å². The molecule has 0 radical (unpaired) electrons. The highest BCUT2D eigenvalue weighted by molar-refractivity contribution is 6.11. The van der Waals surface area contributed by atoms with Gasteiger partial charge in [-0.1, -0.05) is 182 Å². The molecule has 18 rings (SSSR count). The van der Waals surface area contributed by atoms with Gasteiger partial charge in [0.05, 0.1) is 38.7 Å². The standard InChI is InChI=1S/C77H54N4/c1-48-20-8-9-21-53(48)56-22-4-2-6-29-68(56)78-49-36-40-54-55-41-37-50(79-69-30-7-3-5-23-57(69)58-24-10-15-31-70(58)79)45-66(55)77(65(54)44-49)67-46-51(80-71-32-16-11-25-59(71)60-26-12-17-33-72(60)80)38-42-63(67)75-64-43-39-52(47-76(64,75)77)81-73-34-18-13-27-61(73)62-28-14-19-35-74(62)81/h4-47,64,75,78H,2-3H2,1H3. The minimum Gasteiger partial charge on any atom is -0.355 e. The third-order valence-electron chi connectivity index (χ3n) is 19.3. The Balaban J connectivity index is 0.956. The molecule has 3 aromatic heterocycles. The van der Waals surface area contributed by atoms with E-state index in [9.17, 15) is 0 Å². The molecule has 0 amide bonds. The molecule has 4 atom stereocenters. The van der Waals surface area contributed by atoms with Crippen LogP contribution < -0.4 is 5.32 Å². The SMILES string of the molecule is Cc1ccccc1C1=C(Nc2ccc3c(c2)C2(c4cc(-n5c6c(c7ccccc75)C=CCC=C6)ccc4-3)c3cc(-n4c5ccccc5c5ccccc54)ccc3C3C4C=CC(n5c6ccccc6c6ccccc65)=CC432)C=CCC=C1. The second-order valence-electron chi connectivity index (χ2n) is 23.1. The molecule has 12 aromatic rings. The summed E-state index contributed by atoms with van der Waals surface area (Å²) in [6.07, 6.45) is 28.1. The highest BCUT2D eigenvalue weighted by Gasteiger charge is 2.80. The Morgan fingerprint density at radius 1 is 0.444 bits per heavy atom. The van der Waals surface area contributed by atoms with Crippen molar-refractivity contribution in [2.75, 3.05) is 5.32 Å². The topological polar surface area (TPSA) is 26.8 Å². The van der Waals surface area contributed by atoms with Crippen LogP contribution in [0, 0.1) is 18.3 Å². The van der Waals surface area contributed by atoms with Gasteiger partial charge >= 0.3 is 0 Å². The molecule has 0 aliphatic heterocycles. The van der Waals surface area contributed by atoms with Crippen molar-refractivity contribution in [1.82, 2.24) is 13.7 Å². The zero-order chi connectivity index (χ0) is 53.1. The first-order valence-corrected chi connectivity index (χ1v) is 28.8. The van der Waals surface area contributed by atoms with Crippen molar-refractivity contribution < 1.29 is 0 Å². The maximum atomic E-state index is 4.11. The number of rotatable bonds is 6. The number of nitrogens with one attached hydrogen (secondary N) is 1. The molecule has 4 unspecified atom stereocenters. The molecule has 3 heterocycles. The number of fused-ring (bicyclic) bond motifs is 18. The molecule has 382 valence electrons. The van der Waals surface area contributed by atoms with Crippen molar-refractivity contribution in [2.45, 2.75) is 31.1 Å². The summed E-state index contributed by atoms with van der Waals surface area (Å²) >= 11 is 0. The molecule has 0 bridgehead atoms. The van der Waals surface area contributed by atoms with E-state index in [2.05, 4.69) is 293 Å². The van der Waals surface area contributed by atoms with Gasteiger partial charge in [0.25, 0.3) is 0 Å². The Morgan fingerprint density at radius 2 is 0.988 bits per heavy atom. The number of hydrogen-bond acceptors (Lipinski definition) is 1. The van der Waals surface area contributed by atoms with Crippen molar-refractivity contribution in [3.8, 4) is 22.5 Å². The minimum absolute atomic E-state index is 0.225. The van der Waals surface area contributed by atoms with Crippen LogP contribution in [0.15, 0.2) is 261 Å². The van der Waals surface area contributed by atoms with Crippen molar-refractivity contribution in [3.05, 3.63) is 305 Å². The number of hydrogen-bond donors (Lipinski definition) is 1. The average Bonchev–Trinajstić information content (AvgIpc) is 2.43. The maximum Gasteiger partial charge on any atom is 0.0571 e. The van der Waals surface area contributed by atoms with Crippen LogP contribution in [-0.4, -0.2) is 13.7 Å². The first kappa shape index (κ1) is 45.0. The van der Waals surface area contributed by atoms with E-state index in [1.807, 2.05) is 0 Å². The predicted octanol–water partition coefficient (Wildman–Crippen LogP) is 19.1. The van der Waals surface area contributed by atoms with E-state index in [1.54, 1.807) is 0 Å². The van der Waals surface area contributed by atoms with E-state index in [-0.39, 0.29) is 17.3 Å². The lowest BCUT2D eigenvalue weighted by atomic mass is 9.61. The molecule has 4 heteroatoms.